The number of rotatable bonds is 8. The van der Waals surface area contributed by atoms with Crippen LogP contribution in [0.15, 0.2) is 29.3 Å². The van der Waals surface area contributed by atoms with Crippen molar-refractivity contribution in [1.82, 2.24) is 10.6 Å². The lowest BCUT2D eigenvalue weighted by Crippen LogP contribution is -2.37. The zero-order valence-electron chi connectivity index (χ0n) is 12.6. The van der Waals surface area contributed by atoms with Crippen molar-refractivity contribution in [2.75, 3.05) is 33.9 Å². The Bertz CT molecular complexity index is 408. The fraction of sp³-hybridized carbons (Fsp3) is 0.533. The molecule has 0 atom stereocenters. The summed E-state index contributed by atoms with van der Waals surface area (Å²) in [5.74, 6) is 1.66. The Labute approximate surface area is 121 Å². The van der Waals surface area contributed by atoms with Crippen LogP contribution in [0.25, 0.3) is 0 Å². The summed E-state index contributed by atoms with van der Waals surface area (Å²) in [7, 11) is 3.44. The molecule has 0 bridgehead atoms. The molecule has 5 nitrogen and oxygen atoms in total. The van der Waals surface area contributed by atoms with Crippen LogP contribution in [0.4, 0.5) is 0 Å². The predicted molar refractivity (Wildman–Crippen MR) is 82.3 cm³/mol. The Kier molecular flexibility index (Phi) is 8.22. The molecule has 0 fully saturated rings. The summed E-state index contributed by atoms with van der Waals surface area (Å²) < 4.78 is 10.5. The van der Waals surface area contributed by atoms with E-state index in [0.29, 0.717) is 6.54 Å². The highest BCUT2D eigenvalue weighted by molar-refractivity contribution is 5.79. The van der Waals surface area contributed by atoms with E-state index in [1.807, 2.05) is 25.1 Å². The molecule has 1 aromatic carbocycles. The molecule has 112 valence electrons. The number of nitrogens with zero attached hydrogens (tertiary/aromatic N) is 1. The maximum absolute atomic E-state index is 5.29. The highest BCUT2D eigenvalue weighted by Crippen LogP contribution is 2.11. The minimum absolute atomic E-state index is 0.711. The SMILES string of the molecule is CCOCCCNC(=NC)NCc1cccc(OC)c1. The zero-order chi connectivity index (χ0) is 14.6. The first-order valence-corrected chi connectivity index (χ1v) is 6.95. The minimum Gasteiger partial charge on any atom is -0.497 e. The molecule has 0 aromatic heterocycles. The number of benzene rings is 1. The van der Waals surface area contributed by atoms with Crippen LogP contribution in [0, 0.1) is 0 Å². The average molecular weight is 279 g/mol. The monoisotopic (exact) mass is 279 g/mol. The van der Waals surface area contributed by atoms with Gasteiger partial charge >= 0.3 is 0 Å². The molecule has 0 saturated carbocycles. The van der Waals surface area contributed by atoms with E-state index in [0.717, 1.165) is 43.5 Å². The van der Waals surface area contributed by atoms with Gasteiger partial charge in [0.05, 0.1) is 7.11 Å². The van der Waals surface area contributed by atoms with Gasteiger partial charge in [0.2, 0.25) is 0 Å². The first-order valence-electron chi connectivity index (χ1n) is 6.95. The van der Waals surface area contributed by atoms with Crippen LogP contribution in [0.5, 0.6) is 5.75 Å². The largest absolute Gasteiger partial charge is 0.497 e. The molecule has 0 aliphatic carbocycles. The van der Waals surface area contributed by atoms with Gasteiger partial charge < -0.3 is 20.1 Å². The Morgan fingerprint density at radius 2 is 2.15 bits per heavy atom. The van der Waals surface area contributed by atoms with Crippen molar-refractivity contribution in [3.8, 4) is 5.75 Å². The number of guanidine groups is 1. The van der Waals surface area contributed by atoms with Gasteiger partial charge in [-0.25, -0.2) is 0 Å². The predicted octanol–water partition coefficient (Wildman–Crippen LogP) is 1.79. The molecule has 0 heterocycles. The maximum Gasteiger partial charge on any atom is 0.191 e. The van der Waals surface area contributed by atoms with E-state index in [-0.39, 0.29) is 0 Å². The van der Waals surface area contributed by atoms with Gasteiger partial charge in [0.15, 0.2) is 5.96 Å². The second-order valence-corrected chi connectivity index (χ2v) is 4.25. The summed E-state index contributed by atoms with van der Waals surface area (Å²) in [5, 5.41) is 6.53. The highest BCUT2D eigenvalue weighted by Gasteiger charge is 1.99. The van der Waals surface area contributed by atoms with E-state index in [9.17, 15) is 0 Å². The van der Waals surface area contributed by atoms with Gasteiger partial charge in [-0.1, -0.05) is 12.1 Å². The summed E-state index contributed by atoms with van der Waals surface area (Å²) in [4.78, 5) is 4.19. The van der Waals surface area contributed by atoms with Gasteiger partial charge in [0, 0.05) is 33.4 Å². The van der Waals surface area contributed by atoms with E-state index in [2.05, 4.69) is 21.7 Å². The molecule has 0 aliphatic rings. The molecule has 0 saturated heterocycles. The molecule has 20 heavy (non-hydrogen) atoms. The normalized spacial score (nSPS) is 11.2. The first-order chi connectivity index (χ1) is 9.80. The van der Waals surface area contributed by atoms with Crippen molar-refractivity contribution >= 4 is 5.96 Å². The topological polar surface area (TPSA) is 54.9 Å². The third-order valence-electron chi connectivity index (χ3n) is 2.78. The lowest BCUT2D eigenvalue weighted by Gasteiger charge is -2.12. The minimum atomic E-state index is 0.711. The van der Waals surface area contributed by atoms with E-state index >= 15 is 0 Å². The number of aliphatic imine (C=N–C) groups is 1. The number of nitrogens with one attached hydrogen (secondary N) is 2. The standard InChI is InChI=1S/C15H25N3O2/c1-4-20-10-6-9-17-15(16-2)18-12-13-7-5-8-14(11-13)19-3/h5,7-8,11H,4,6,9-10,12H2,1-3H3,(H2,16,17,18). The van der Waals surface area contributed by atoms with E-state index < -0.39 is 0 Å². The summed E-state index contributed by atoms with van der Waals surface area (Å²) in [6.45, 7) is 5.10. The van der Waals surface area contributed by atoms with E-state index in [4.69, 9.17) is 9.47 Å². The third kappa shape index (κ3) is 6.43. The highest BCUT2D eigenvalue weighted by atomic mass is 16.5. The Balaban J connectivity index is 2.30. The maximum atomic E-state index is 5.29. The van der Waals surface area contributed by atoms with Crippen LogP contribution in [-0.2, 0) is 11.3 Å². The van der Waals surface area contributed by atoms with Crippen molar-refractivity contribution in [1.29, 1.82) is 0 Å². The second kappa shape index (κ2) is 10.1. The number of methoxy groups -OCH3 is 1. The molecule has 1 aromatic rings. The molecule has 1 rings (SSSR count). The van der Waals surface area contributed by atoms with Gasteiger partial charge in [0.1, 0.15) is 5.75 Å². The van der Waals surface area contributed by atoms with Crippen LogP contribution < -0.4 is 15.4 Å². The van der Waals surface area contributed by atoms with Gasteiger partial charge in [-0.15, -0.1) is 0 Å². The van der Waals surface area contributed by atoms with Gasteiger partial charge in [0.25, 0.3) is 0 Å². The fourth-order valence-electron chi connectivity index (χ4n) is 1.71. The van der Waals surface area contributed by atoms with Crippen molar-refractivity contribution in [2.45, 2.75) is 19.9 Å². The third-order valence-corrected chi connectivity index (χ3v) is 2.78. The first kappa shape index (κ1) is 16.3. The Morgan fingerprint density at radius 1 is 1.30 bits per heavy atom. The van der Waals surface area contributed by atoms with Crippen molar-refractivity contribution < 1.29 is 9.47 Å². The van der Waals surface area contributed by atoms with Gasteiger partial charge in [-0.05, 0) is 31.0 Å². The molecule has 2 N–H and O–H groups in total. The van der Waals surface area contributed by atoms with Crippen molar-refractivity contribution in [3.63, 3.8) is 0 Å². The van der Waals surface area contributed by atoms with E-state index in [1.54, 1.807) is 14.2 Å². The summed E-state index contributed by atoms with van der Waals surface area (Å²) in [6, 6.07) is 7.98. The zero-order valence-corrected chi connectivity index (χ0v) is 12.6. The smallest absolute Gasteiger partial charge is 0.191 e. The number of ether oxygens (including phenoxy) is 2. The van der Waals surface area contributed by atoms with Crippen molar-refractivity contribution in [2.24, 2.45) is 4.99 Å². The molecule has 0 spiro atoms. The quantitative estimate of drug-likeness (QED) is 0.433. The summed E-state index contributed by atoms with van der Waals surface area (Å²) in [6.07, 6.45) is 0.966. The lowest BCUT2D eigenvalue weighted by molar-refractivity contribution is 0.145. The number of hydrogen-bond acceptors (Lipinski definition) is 3. The average Bonchev–Trinajstić information content (AvgIpc) is 2.50. The molecule has 0 aliphatic heterocycles. The van der Waals surface area contributed by atoms with Crippen molar-refractivity contribution in [3.05, 3.63) is 29.8 Å². The van der Waals surface area contributed by atoms with Crippen LogP contribution >= 0.6 is 0 Å². The van der Waals surface area contributed by atoms with Crippen LogP contribution in [0.2, 0.25) is 0 Å². The molecular formula is C15H25N3O2. The number of hydrogen-bond donors (Lipinski definition) is 2. The molecule has 0 amide bonds. The summed E-state index contributed by atoms with van der Waals surface area (Å²) >= 11 is 0. The second-order valence-electron chi connectivity index (χ2n) is 4.25. The lowest BCUT2D eigenvalue weighted by atomic mass is 10.2. The van der Waals surface area contributed by atoms with E-state index in [1.165, 1.54) is 0 Å². The Hall–Kier alpha value is -1.75. The summed E-state index contributed by atoms with van der Waals surface area (Å²) in [5.41, 5.74) is 1.15. The van der Waals surface area contributed by atoms with Crippen LogP contribution in [0.3, 0.4) is 0 Å². The molecule has 5 heteroatoms. The molecule has 0 radical (unpaired) electrons. The Morgan fingerprint density at radius 3 is 2.85 bits per heavy atom. The van der Waals surface area contributed by atoms with Crippen LogP contribution in [0.1, 0.15) is 18.9 Å². The molecular weight excluding hydrogens is 254 g/mol. The van der Waals surface area contributed by atoms with Gasteiger partial charge in [-0.2, -0.15) is 0 Å². The van der Waals surface area contributed by atoms with Gasteiger partial charge in [-0.3, -0.25) is 4.99 Å². The van der Waals surface area contributed by atoms with Crippen LogP contribution in [-0.4, -0.2) is 39.9 Å². The molecule has 0 unspecified atom stereocenters. The fourth-order valence-corrected chi connectivity index (χ4v) is 1.71.